The van der Waals surface area contributed by atoms with E-state index in [0.717, 1.165) is 11.0 Å². The number of rotatable bonds is 5. The maximum Gasteiger partial charge on any atom is 0.338 e. The van der Waals surface area contributed by atoms with Gasteiger partial charge >= 0.3 is 5.97 Å². The third-order valence-electron chi connectivity index (χ3n) is 5.03. The van der Waals surface area contributed by atoms with E-state index in [2.05, 4.69) is 4.98 Å². The largest absolute Gasteiger partial charge is 0.509 e. The molecule has 3 aromatic rings. The van der Waals surface area contributed by atoms with Gasteiger partial charge in [0.1, 0.15) is 17.4 Å². The van der Waals surface area contributed by atoms with Crippen LogP contribution in [0.2, 0.25) is 0 Å². The summed E-state index contributed by atoms with van der Waals surface area (Å²) in [5.41, 5.74) is 3.23. The van der Waals surface area contributed by atoms with Crippen molar-refractivity contribution in [3.8, 4) is 0 Å². The number of nitrogens with one attached hydrogen (secondary N) is 1. The minimum absolute atomic E-state index is 0.0835. The average Bonchev–Trinajstić information content (AvgIpc) is 3.23. The first-order chi connectivity index (χ1) is 14.4. The van der Waals surface area contributed by atoms with Crippen LogP contribution in [0.25, 0.3) is 16.6 Å². The van der Waals surface area contributed by atoms with Crippen LogP contribution in [0.1, 0.15) is 37.0 Å². The number of aliphatic hydroxyl groups excluding tert-OH is 1. The van der Waals surface area contributed by atoms with Gasteiger partial charge in [-0.2, -0.15) is 0 Å². The van der Waals surface area contributed by atoms with E-state index >= 15 is 0 Å². The Labute approximate surface area is 174 Å². The lowest BCUT2D eigenvalue weighted by Gasteiger charge is -2.20. The van der Waals surface area contributed by atoms with Gasteiger partial charge in [0, 0.05) is 12.2 Å². The van der Waals surface area contributed by atoms with Gasteiger partial charge < -0.3 is 19.3 Å². The average molecular weight is 404 g/mol. The fourth-order valence-corrected chi connectivity index (χ4v) is 3.70. The van der Waals surface area contributed by atoms with Crippen molar-refractivity contribution in [2.75, 3.05) is 11.4 Å². The van der Waals surface area contributed by atoms with E-state index in [4.69, 9.17) is 10.1 Å². The zero-order valence-electron chi connectivity index (χ0n) is 17.2. The van der Waals surface area contributed by atoms with Crippen molar-refractivity contribution in [2.24, 2.45) is 0 Å². The second-order valence-corrected chi connectivity index (χ2v) is 7.43. The number of fused-ring (bicyclic) bond motifs is 1. The van der Waals surface area contributed by atoms with Crippen LogP contribution < -0.4 is 4.90 Å². The number of carbonyl (C=O) groups excluding carboxylic acids is 1. The van der Waals surface area contributed by atoms with Gasteiger partial charge in [-0.1, -0.05) is 18.2 Å². The van der Waals surface area contributed by atoms with Gasteiger partial charge in [-0.15, -0.1) is 0 Å². The van der Waals surface area contributed by atoms with Crippen molar-refractivity contribution >= 4 is 34.1 Å². The molecule has 0 radical (unpaired) electrons. The summed E-state index contributed by atoms with van der Waals surface area (Å²) in [6, 6.07) is 14.7. The fourth-order valence-electron chi connectivity index (χ4n) is 3.70. The zero-order chi connectivity index (χ0) is 21.4. The fraction of sp³-hybridized carbons (Fsp3) is 0.261. The Bertz CT molecular complexity index is 1180. The van der Waals surface area contributed by atoms with Crippen molar-refractivity contribution in [3.05, 3.63) is 65.7 Å². The number of hydrogen-bond acceptors (Lipinski definition) is 5. The minimum atomic E-state index is -0.414. The van der Waals surface area contributed by atoms with Crippen molar-refractivity contribution in [1.82, 2.24) is 9.55 Å². The number of aromatic nitrogens is 2. The summed E-state index contributed by atoms with van der Waals surface area (Å²) < 4.78 is 7.27. The molecule has 0 unspecified atom stereocenters. The van der Waals surface area contributed by atoms with Crippen molar-refractivity contribution in [3.63, 3.8) is 0 Å². The molecule has 0 fully saturated rings. The Kier molecular flexibility index (Phi) is 5.03. The monoisotopic (exact) mass is 404 g/mol. The van der Waals surface area contributed by atoms with Crippen LogP contribution in [-0.4, -0.2) is 39.1 Å². The number of carbonyl (C=O) groups is 1. The van der Waals surface area contributed by atoms with Crippen LogP contribution in [0, 0.1) is 5.41 Å². The molecule has 30 heavy (non-hydrogen) atoms. The quantitative estimate of drug-likeness (QED) is 0.616. The number of hydrogen-bond donors (Lipinski definition) is 2. The molecule has 0 amide bonds. The van der Waals surface area contributed by atoms with Crippen molar-refractivity contribution in [1.29, 1.82) is 5.41 Å². The van der Waals surface area contributed by atoms with Crippen LogP contribution in [0.5, 0.6) is 0 Å². The molecular formula is C23H24N4O3. The number of anilines is 1. The van der Waals surface area contributed by atoms with Crippen LogP contribution in [0.15, 0.2) is 54.3 Å². The van der Waals surface area contributed by atoms with Crippen LogP contribution in [0.3, 0.4) is 0 Å². The van der Waals surface area contributed by atoms with Crippen LogP contribution >= 0.6 is 0 Å². The highest BCUT2D eigenvalue weighted by atomic mass is 16.5. The second kappa shape index (κ2) is 7.67. The van der Waals surface area contributed by atoms with Gasteiger partial charge in [0.15, 0.2) is 0 Å². The highest BCUT2D eigenvalue weighted by Crippen LogP contribution is 2.32. The van der Waals surface area contributed by atoms with E-state index in [1.54, 1.807) is 43.0 Å². The van der Waals surface area contributed by atoms with E-state index < -0.39 is 5.97 Å². The van der Waals surface area contributed by atoms with Gasteiger partial charge in [0.05, 0.1) is 34.8 Å². The highest BCUT2D eigenvalue weighted by Gasteiger charge is 2.33. The predicted octanol–water partition coefficient (Wildman–Crippen LogP) is 4.39. The summed E-state index contributed by atoms with van der Waals surface area (Å²) in [4.78, 5) is 18.6. The van der Waals surface area contributed by atoms with Gasteiger partial charge in [-0.05, 0) is 51.1 Å². The Hall–Kier alpha value is -3.61. The van der Waals surface area contributed by atoms with Crippen LogP contribution in [-0.2, 0) is 11.3 Å². The molecule has 0 atom stereocenters. The molecule has 7 nitrogen and oxygen atoms in total. The van der Waals surface area contributed by atoms with E-state index in [1.165, 1.54) is 0 Å². The maximum atomic E-state index is 12.3. The number of imidazole rings is 1. The lowest BCUT2D eigenvalue weighted by atomic mass is 10.1. The third kappa shape index (κ3) is 3.32. The summed E-state index contributed by atoms with van der Waals surface area (Å²) in [5.74, 6) is 0.383. The van der Waals surface area contributed by atoms with Gasteiger partial charge in [0.2, 0.25) is 0 Å². The topological polar surface area (TPSA) is 91.4 Å². The summed E-state index contributed by atoms with van der Waals surface area (Å²) in [6.45, 7) is 6.41. The summed E-state index contributed by atoms with van der Waals surface area (Å²) in [5, 5.41) is 19.5. The van der Waals surface area contributed by atoms with Crippen molar-refractivity contribution in [2.45, 2.75) is 33.4 Å². The predicted molar refractivity (Wildman–Crippen MR) is 117 cm³/mol. The molecule has 2 heterocycles. The molecule has 1 aliphatic heterocycles. The molecule has 0 spiro atoms. The molecule has 1 aliphatic rings. The Morgan fingerprint density at radius 1 is 1.23 bits per heavy atom. The number of benzene rings is 2. The molecule has 4 rings (SSSR count). The smallest absolute Gasteiger partial charge is 0.338 e. The standard InChI is InChI=1S/C23H24N4O3/c1-4-26-18-11-6-5-10-17(18)25-22(26)20-19(28)13-27(21(20)24)16-9-7-8-15(12-16)23(29)30-14(2)3/h5-12,14,24,28H,4,13H2,1-3H3. The number of amidine groups is 1. The number of aryl methyl sites for hydroxylation is 1. The summed E-state index contributed by atoms with van der Waals surface area (Å²) in [6.07, 6.45) is -0.217. The summed E-state index contributed by atoms with van der Waals surface area (Å²) >= 11 is 0. The number of ether oxygens (including phenoxy) is 1. The molecule has 7 heteroatoms. The number of aliphatic hydroxyl groups is 1. The highest BCUT2D eigenvalue weighted by molar-refractivity contribution is 6.30. The molecule has 0 bridgehead atoms. The van der Waals surface area contributed by atoms with E-state index in [0.29, 0.717) is 29.2 Å². The minimum Gasteiger partial charge on any atom is -0.509 e. The first-order valence-electron chi connectivity index (χ1n) is 9.96. The van der Waals surface area contributed by atoms with Gasteiger partial charge in [0.25, 0.3) is 0 Å². The molecular weight excluding hydrogens is 380 g/mol. The Balaban J connectivity index is 1.69. The van der Waals surface area contributed by atoms with Crippen molar-refractivity contribution < 1.29 is 14.6 Å². The third-order valence-corrected chi connectivity index (χ3v) is 5.03. The lowest BCUT2D eigenvalue weighted by Crippen LogP contribution is -2.27. The number of esters is 1. The van der Waals surface area contributed by atoms with Gasteiger partial charge in [-0.25, -0.2) is 9.78 Å². The normalized spacial score (nSPS) is 14.3. The first kappa shape index (κ1) is 19.7. The SMILES string of the molecule is CCn1c(C2=C(O)CN(c3cccc(C(=O)OC(C)C)c3)C2=N)nc2ccccc21. The van der Waals surface area contributed by atoms with E-state index in [1.807, 2.05) is 35.8 Å². The molecule has 1 aromatic heterocycles. The molecule has 2 N–H and O–H groups in total. The molecule has 0 aliphatic carbocycles. The lowest BCUT2D eigenvalue weighted by molar-refractivity contribution is 0.0378. The molecule has 154 valence electrons. The Morgan fingerprint density at radius 3 is 2.73 bits per heavy atom. The first-order valence-corrected chi connectivity index (χ1v) is 9.96. The van der Waals surface area contributed by atoms with E-state index in [-0.39, 0.29) is 24.2 Å². The zero-order valence-corrected chi connectivity index (χ0v) is 17.2. The van der Waals surface area contributed by atoms with Gasteiger partial charge in [-0.3, -0.25) is 5.41 Å². The maximum absolute atomic E-state index is 12.3. The second-order valence-electron chi connectivity index (χ2n) is 7.43. The molecule has 0 saturated heterocycles. The van der Waals surface area contributed by atoms with Crippen LogP contribution in [0.4, 0.5) is 5.69 Å². The number of para-hydroxylation sites is 2. The molecule has 2 aromatic carbocycles. The van der Waals surface area contributed by atoms with E-state index in [9.17, 15) is 9.90 Å². The summed E-state index contributed by atoms with van der Waals surface area (Å²) in [7, 11) is 0. The Morgan fingerprint density at radius 2 is 2.00 bits per heavy atom. The molecule has 0 saturated carbocycles. The number of nitrogens with zero attached hydrogens (tertiary/aromatic N) is 3.